The minimum atomic E-state index is -4.21. The van der Waals surface area contributed by atoms with Crippen molar-refractivity contribution in [2.75, 3.05) is 13.2 Å². The Morgan fingerprint density at radius 1 is 0.929 bits per heavy atom. The van der Waals surface area contributed by atoms with E-state index >= 15 is 0 Å². The lowest BCUT2D eigenvalue weighted by Crippen LogP contribution is -2.03. The average Bonchev–Trinajstić information content (AvgIpc) is 2.27. The number of rotatable bonds is 0. The molecule has 0 aromatic carbocycles. The molecule has 9 heteroatoms. The molecule has 2 aliphatic rings. The topological polar surface area (TPSA) is 101 Å². The number of sulfonamides is 2. The highest BCUT2D eigenvalue weighted by Gasteiger charge is 2.35. The minimum absolute atomic E-state index is 0.100. The fraction of sp³-hybridized carbons (Fsp3) is 0.600. The Balaban J connectivity index is 2.62. The SMILES string of the molecule is O=S1(=O)[N-]S(=O)(=O)C2=C1OCCCO2. The van der Waals surface area contributed by atoms with Crippen molar-refractivity contribution in [1.29, 1.82) is 0 Å². The Bertz CT molecular complexity index is 442. The van der Waals surface area contributed by atoms with E-state index < -0.39 is 30.2 Å². The fourth-order valence-electron chi connectivity index (χ4n) is 1.06. The summed E-state index contributed by atoms with van der Waals surface area (Å²) in [5.74, 6) is 0. The van der Waals surface area contributed by atoms with Gasteiger partial charge in [0.15, 0.2) is 0 Å². The van der Waals surface area contributed by atoms with Crippen LogP contribution in [-0.4, -0.2) is 30.0 Å². The summed E-state index contributed by atoms with van der Waals surface area (Å²) in [6.45, 7) is 0.201. The van der Waals surface area contributed by atoms with Crippen molar-refractivity contribution in [1.82, 2.24) is 0 Å². The molecule has 0 N–H and O–H groups in total. The van der Waals surface area contributed by atoms with Crippen LogP contribution in [0.5, 0.6) is 0 Å². The Labute approximate surface area is 80.8 Å². The molecular weight excluding hydrogens is 234 g/mol. The smallest absolute Gasteiger partial charge is 0.247 e. The molecule has 7 nitrogen and oxygen atoms in total. The Kier molecular flexibility index (Phi) is 1.98. The number of ether oxygens (including phenoxy) is 2. The van der Waals surface area contributed by atoms with Gasteiger partial charge in [0.25, 0.3) is 0 Å². The van der Waals surface area contributed by atoms with Crippen LogP contribution in [-0.2, 0) is 29.5 Å². The molecule has 80 valence electrons. The van der Waals surface area contributed by atoms with Crippen LogP contribution in [0.2, 0.25) is 0 Å². The first kappa shape index (κ1) is 9.74. The zero-order chi connectivity index (χ0) is 10.4. The van der Waals surface area contributed by atoms with Gasteiger partial charge in [0.1, 0.15) is 20.0 Å². The summed E-state index contributed by atoms with van der Waals surface area (Å²) in [5, 5.41) is -1.37. The number of nitrogens with zero attached hydrogens (tertiary/aromatic N) is 1. The standard InChI is InChI=1S/C5H6NO6S2/c7-13(8)4-5(14(9,10)6-13)12-3-1-2-11-4/h1-3H2/q-1. The van der Waals surface area contributed by atoms with E-state index in [-0.39, 0.29) is 13.2 Å². The lowest BCUT2D eigenvalue weighted by molar-refractivity contribution is 0.219. The van der Waals surface area contributed by atoms with Gasteiger partial charge in [0, 0.05) is 6.42 Å². The maximum absolute atomic E-state index is 11.2. The van der Waals surface area contributed by atoms with E-state index in [2.05, 4.69) is 4.13 Å². The summed E-state index contributed by atoms with van der Waals surface area (Å²) in [7, 11) is -8.42. The molecule has 0 radical (unpaired) electrons. The average molecular weight is 240 g/mol. The Hall–Kier alpha value is -0.800. The largest absolute Gasteiger partial charge is 0.481 e. The second-order valence-corrected chi connectivity index (χ2v) is 5.89. The summed E-state index contributed by atoms with van der Waals surface area (Å²) >= 11 is 0. The summed E-state index contributed by atoms with van der Waals surface area (Å²) in [5.41, 5.74) is 0. The van der Waals surface area contributed by atoms with Gasteiger partial charge in [-0.25, -0.2) is 16.8 Å². The lowest BCUT2D eigenvalue weighted by Gasteiger charge is -2.11. The van der Waals surface area contributed by atoms with Crippen LogP contribution in [0.15, 0.2) is 10.2 Å². The third kappa shape index (κ3) is 1.37. The molecule has 0 bridgehead atoms. The highest BCUT2D eigenvalue weighted by atomic mass is 32.3. The van der Waals surface area contributed by atoms with E-state index in [4.69, 9.17) is 9.47 Å². The van der Waals surface area contributed by atoms with Gasteiger partial charge >= 0.3 is 0 Å². The van der Waals surface area contributed by atoms with Crippen LogP contribution in [0, 0.1) is 0 Å². The van der Waals surface area contributed by atoms with Gasteiger partial charge in [-0.1, -0.05) is 0 Å². The predicted octanol–water partition coefficient (Wildman–Crippen LogP) is -0.403. The monoisotopic (exact) mass is 240 g/mol. The second-order valence-electron chi connectivity index (χ2n) is 2.65. The van der Waals surface area contributed by atoms with Crippen LogP contribution < -0.4 is 0 Å². The summed E-state index contributed by atoms with van der Waals surface area (Å²) in [6.07, 6.45) is 0.429. The van der Waals surface area contributed by atoms with Gasteiger partial charge in [0.05, 0.1) is 13.2 Å². The van der Waals surface area contributed by atoms with E-state index in [1.165, 1.54) is 0 Å². The van der Waals surface area contributed by atoms with Crippen molar-refractivity contribution >= 4 is 20.0 Å². The molecule has 0 fully saturated rings. The second kappa shape index (κ2) is 2.84. The third-order valence-electron chi connectivity index (χ3n) is 1.59. The first-order valence-electron chi connectivity index (χ1n) is 3.68. The Morgan fingerprint density at radius 3 is 1.79 bits per heavy atom. The normalized spacial score (nSPS) is 28.6. The van der Waals surface area contributed by atoms with Crippen LogP contribution in [0.25, 0.3) is 4.13 Å². The molecule has 2 heterocycles. The molecule has 0 spiro atoms. The molecule has 0 saturated heterocycles. The van der Waals surface area contributed by atoms with Crippen LogP contribution in [0.1, 0.15) is 6.42 Å². The van der Waals surface area contributed by atoms with Crippen molar-refractivity contribution in [2.24, 2.45) is 0 Å². The maximum Gasteiger partial charge on any atom is 0.247 e. The molecule has 0 aromatic rings. The van der Waals surface area contributed by atoms with Gasteiger partial charge in [-0.2, -0.15) is 0 Å². The molecular formula is C5H6NO6S2-. The highest BCUT2D eigenvalue weighted by Crippen LogP contribution is 2.38. The van der Waals surface area contributed by atoms with Gasteiger partial charge in [-0.3, -0.25) is 0 Å². The number of hydrogen-bond acceptors (Lipinski definition) is 6. The maximum atomic E-state index is 11.2. The van der Waals surface area contributed by atoms with Crippen LogP contribution in [0.4, 0.5) is 0 Å². The third-order valence-corrected chi connectivity index (χ3v) is 4.83. The molecule has 0 unspecified atom stereocenters. The molecule has 0 aliphatic carbocycles. The first-order chi connectivity index (χ1) is 6.43. The van der Waals surface area contributed by atoms with E-state index in [0.29, 0.717) is 6.42 Å². The minimum Gasteiger partial charge on any atom is -0.481 e. The first-order valence-corrected chi connectivity index (χ1v) is 6.56. The van der Waals surface area contributed by atoms with Gasteiger partial charge in [0.2, 0.25) is 10.2 Å². The van der Waals surface area contributed by atoms with Crippen molar-refractivity contribution in [3.8, 4) is 0 Å². The predicted molar refractivity (Wildman–Crippen MR) is 44.7 cm³/mol. The van der Waals surface area contributed by atoms with Gasteiger partial charge in [-0.05, 0) is 0 Å². The zero-order valence-corrected chi connectivity index (χ0v) is 8.47. The zero-order valence-electron chi connectivity index (χ0n) is 6.83. The van der Waals surface area contributed by atoms with Crippen molar-refractivity contribution in [2.45, 2.75) is 6.42 Å². The molecule has 0 aromatic heterocycles. The van der Waals surface area contributed by atoms with Gasteiger partial charge in [-0.15, -0.1) is 0 Å². The molecule has 2 aliphatic heterocycles. The van der Waals surface area contributed by atoms with Crippen molar-refractivity contribution in [3.63, 3.8) is 0 Å². The van der Waals surface area contributed by atoms with E-state index in [9.17, 15) is 16.8 Å². The quantitative estimate of drug-likeness (QED) is 0.570. The summed E-state index contributed by atoms with van der Waals surface area (Å²) in [6, 6.07) is 0. The number of hydrogen-bond donors (Lipinski definition) is 0. The molecule has 0 saturated carbocycles. The Morgan fingerprint density at radius 2 is 1.36 bits per heavy atom. The summed E-state index contributed by atoms with van der Waals surface area (Å²) in [4.78, 5) is 0. The van der Waals surface area contributed by atoms with E-state index in [0.717, 1.165) is 0 Å². The fourth-order valence-corrected chi connectivity index (χ4v) is 4.27. The molecule has 0 amide bonds. The highest BCUT2D eigenvalue weighted by molar-refractivity contribution is 8.18. The summed E-state index contributed by atoms with van der Waals surface area (Å²) < 4.78 is 56.8. The molecule has 0 atom stereocenters. The molecule has 2 rings (SSSR count). The van der Waals surface area contributed by atoms with Crippen LogP contribution in [0.3, 0.4) is 0 Å². The van der Waals surface area contributed by atoms with Crippen molar-refractivity contribution in [3.05, 3.63) is 14.3 Å². The van der Waals surface area contributed by atoms with Crippen LogP contribution >= 0.6 is 0 Å². The molecule has 14 heavy (non-hydrogen) atoms. The van der Waals surface area contributed by atoms with Crippen molar-refractivity contribution < 1.29 is 26.3 Å². The van der Waals surface area contributed by atoms with E-state index in [1.54, 1.807) is 0 Å². The van der Waals surface area contributed by atoms with Gasteiger partial charge < -0.3 is 13.6 Å². The lowest BCUT2D eigenvalue weighted by atomic mass is 10.5. The van der Waals surface area contributed by atoms with E-state index in [1.807, 2.05) is 0 Å².